The number of rotatable bonds is 5. The molecule has 1 atom stereocenters. The van der Waals surface area contributed by atoms with Crippen LogP contribution in [-0.4, -0.2) is 21.5 Å². The van der Waals surface area contributed by atoms with Crippen LogP contribution in [0.5, 0.6) is 0 Å². The van der Waals surface area contributed by atoms with Crippen molar-refractivity contribution in [2.45, 2.75) is 17.9 Å². The van der Waals surface area contributed by atoms with E-state index in [1.807, 2.05) is 0 Å². The molecule has 0 aliphatic carbocycles. The van der Waals surface area contributed by atoms with E-state index in [2.05, 4.69) is 9.46 Å². The molecule has 0 amide bonds. The Morgan fingerprint density at radius 1 is 1.17 bits per heavy atom. The minimum absolute atomic E-state index is 0.0145. The lowest BCUT2D eigenvalue weighted by atomic mass is 10.1. The van der Waals surface area contributed by atoms with Gasteiger partial charge in [0.1, 0.15) is 0 Å². The first-order valence-electron chi connectivity index (χ1n) is 6.80. The molecule has 122 valence electrons. The van der Waals surface area contributed by atoms with Crippen LogP contribution in [0.4, 0.5) is 0 Å². The van der Waals surface area contributed by atoms with Gasteiger partial charge >= 0.3 is 5.97 Å². The molecule has 1 N–H and O–H groups in total. The van der Waals surface area contributed by atoms with Gasteiger partial charge in [0.25, 0.3) is 0 Å². The second kappa shape index (κ2) is 7.12. The predicted molar refractivity (Wildman–Crippen MR) is 88.0 cm³/mol. The number of hydrogen-bond donors (Lipinski definition) is 1. The Labute approximate surface area is 140 Å². The number of hydrogen-bond acceptors (Lipinski definition) is 4. The molecular weight excluding hydrogens is 338 g/mol. The first-order valence-corrected chi connectivity index (χ1v) is 8.66. The molecule has 0 heterocycles. The zero-order valence-corrected chi connectivity index (χ0v) is 14.2. The highest BCUT2D eigenvalue weighted by Gasteiger charge is 2.21. The predicted octanol–water partition coefficient (Wildman–Crippen LogP) is 3.17. The van der Waals surface area contributed by atoms with Gasteiger partial charge in [0, 0.05) is 11.1 Å². The summed E-state index contributed by atoms with van der Waals surface area (Å²) in [5.41, 5.74) is 0.836. The zero-order chi connectivity index (χ0) is 17.0. The van der Waals surface area contributed by atoms with Crippen molar-refractivity contribution in [3.05, 3.63) is 64.7 Å². The average molecular weight is 354 g/mol. The molecule has 0 bridgehead atoms. The summed E-state index contributed by atoms with van der Waals surface area (Å²) >= 11 is 6.08. The Morgan fingerprint density at radius 3 is 2.52 bits per heavy atom. The maximum Gasteiger partial charge on any atom is 0.337 e. The normalized spacial score (nSPS) is 12.7. The minimum Gasteiger partial charge on any atom is -0.465 e. The summed E-state index contributed by atoms with van der Waals surface area (Å²) in [5, 5.41) is 0.478. The Hall–Kier alpha value is -1.89. The van der Waals surface area contributed by atoms with Crippen molar-refractivity contribution in [2.75, 3.05) is 7.11 Å². The van der Waals surface area contributed by atoms with Crippen LogP contribution in [0.25, 0.3) is 0 Å². The molecule has 0 aliphatic heterocycles. The van der Waals surface area contributed by atoms with E-state index < -0.39 is 22.0 Å². The van der Waals surface area contributed by atoms with Gasteiger partial charge in [0.2, 0.25) is 10.0 Å². The number of esters is 1. The van der Waals surface area contributed by atoms with Gasteiger partial charge in [-0.1, -0.05) is 35.9 Å². The molecule has 0 aliphatic rings. The van der Waals surface area contributed by atoms with Crippen LogP contribution in [0.2, 0.25) is 5.02 Å². The number of ether oxygens (including phenoxy) is 1. The molecular formula is C16H16ClNO4S. The number of benzene rings is 2. The minimum atomic E-state index is -3.81. The average Bonchev–Trinajstić information content (AvgIpc) is 2.54. The van der Waals surface area contributed by atoms with Gasteiger partial charge < -0.3 is 4.74 Å². The Morgan fingerprint density at radius 2 is 1.87 bits per heavy atom. The number of sulfonamides is 1. The zero-order valence-electron chi connectivity index (χ0n) is 12.6. The highest BCUT2D eigenvalue weighted by molar-refractivity contribution is 7.89. The molecule has 23 heavy (non-hydrogen) atoms. The van der Waals surface area contributed by atoms with E-state index in [0.717, 1.165) is 0 Å². The fraction of sp³-hybridized carbons (Fsp3) is 0.188. The maximum atomic E-state index is 12.5. The molecule has 2 rings (SSSR count). The highest BCUT2D eigenvalue weighted by atomic mass is 35.5. The summed E-state index contributed by atoms with van der Waals surface area (Å²) in [4.78, 5) is 11.5. The Bertz CT molecular complexity index is 820. The van der Waals surface area contributed by atoms with Crippen LogP contribution >= 0.6 is 11.6 Å². The quantitative estimate of drug-likeness (QED) is 0.838. The van der Waals surface area contributed by atoms with Gasteiger partial charge in [0.15, 0.2) is 0 Å². The molecule has 0 aromatic heterocycles. The van der Waals surface area contributed by atoms with E-state index in [9.17, 15) is 13.2 Å². The number of carbonyl (C=O) groups excluding carboxylic acids is 1. The molecule has 7 heteroatoms. The number of carbonyl (C=O) groups is 1. The highest BCUT2D eigenvalue weighted by Crippen LogP contribution is 2.24. The number of nitrogens with one attached hydrogen (secondary N) is 1. The molecule has 2 aromatic rings. The van der Waals surface area contributed by atoms with Crippen molar-refractivity contribution < 1.29 is 17.9 Å². The van der Waals surface area contributed by atoms with Crippen molar-refractivity contribution in [3.63, 3.8) is 0 Å². The Kier molecular flexibility index (Phi) is 5.41. The van der Waals surface area contributed by atoms with Crippen LogP contribution in [0.3, 0.4) is 0 Å². The standard InChI is InChI=1S/C16H16ClNO4S/c1-11(14-8-3-4-9-15(14)17)18-23(20,21)13-7-5-6-12(10-13)16(19)22-2/h3-11,18H,1-2H3. The largest absolute Gasteiger partial charge is 0.465 e. The molecule has 0 spiro atoms. The van der Waals surface area contributed by atoms with Gasteiger partial charge in [-0.25, -0.2) is 17.9 Å². The fourth-order valence-electron chi connectivity index (χ4n) is 2.10. The van der Waals surface area contributed by atoms with Crippen LogP contribution in [0, 0.1) is 0 Å². The summed E-state index contributed by atoms with van der Waals surface area (Å²) in [7, 11) is -2.57. The third kappa shape index (κ3) is 4.10. The van der Waals surface area contributed by atoms with Gasteiger partial charge in [-0.2, -0.15) is 0 Å². The van der Waals surface area contributed by atoms with Gasteiger partial charge in [-0.15, -0.1) is 0 Å². The van der Waals surface area contributed by atoms with E-state index in [4.69, 9.17) is 11.6 Å². The lowest BCUT2D eigenvalue weighted by molar-refractivity contribution is 0.0600. The second-order valence-corrected chi connectivity index (χ2v) is 7.01. The smallest absolute Gasteiger partial charge is 0.337 e. The summed E-state index contributed by atoms with van der Waals surface area (Å²) in [6.07, 6.45) is 0. The summed E-state index contributed by atoms with van der Waals surface area (Å²) in [6, 6.07) is 12.1. The van der Waals surface area contributed by atoms with Crippen LogP contribution in [-0.2, 0) is 14.8 Å². The monoisotopic (exact) mass is 353 g/mol. The third-order valence-corrected chi connectivity index (χ3v) is 5.15. The first-order chi connectivity index (χ1) is 10.8. The fourth-order valence-corrected chi connectivity index (χ4v) is 3.67. The number of methoxy groups -OCH3 is 1. The molecule has 1 unspecified atom stereocenters. The molecule has 0 fully saturated rings. The second-order valence-electron chi connectivity index (χ2n) is 4.88. The molecule has 0 saturated carbocycles. The number of halogens is 1. The molecule has 5 nitrogen and oxygen atoms in total. The molecule has 0 radical (unpaired) electrons. The first kappa shape index (κ1) is 17.5. The van der Waals surface area contributed by atoms with Crippen LogP contribution in [0.1, 0.15) is 28.9 Å². The van der Waals surface area contributed by atoms with E-state index in [-0.39, 0.29) is 10.5 Å². The molecule has 2 aromatic carbocycles. The van der Waals surface area contributed by atoms with Crippen molar-refractivity contribution in [1.29, 1.82) is 0 Å². The SMILES string of the molecule is COC(=O)c1cccc(S(=O)(=O)NC(C)c2ccccc2Cl)c1. The third-order valence-electron chi connectivity index (χ3n) is 3.27. The topological polar surface area (TPSA) is 72.5 Å². The van der Waals surface area contributed by atoms with Gasteiger partial charge in [-0.05, 0) is 36.8 Å². The van der Waals surface area contributed by atoms with E-state index in [1.165, 1.54) is 31.4 Å². The van der Waals surface area contributed by atoms with Gasteiger partial charge in [-0.3, -0.25) is 0 Å². The van der Waals surface area contributed by atoms with Crippen LogP contribution in [0.15, 0.2) is 53.4 Å². The lowest BCUT2D eigenvalue weighted by Gasteiger charge is -2.16. The van der Waals surface area contributed by atoms with Crippen molar-refractivity contribution >= 4 is 27.6 Å². The van der Waals surface area contributed by atoms with E-state index >= 15 is 0 Å². The van der Waals surface area contributed by atoms with E-state index in [1.54, 1.807) is 31.2 Å². The summed E-state index contributed by atoms with van der Waals surface area (Å²) in [6.45, 7) is 1.70. The molecule has 0 saturated heterocycles. The van der Waals surface area contributed by atoms with Crippen molar-refractivity contribution in [2.24, 2.45) is 0 Å². The Balaban J connectivity index is 2.29. The van der Waals surface area contributed by atoms with E-state index in [0.29, 0.717) is 10.6 Å². The van der Waals surface area contributed by atoms with Gasteiger partial charge in [0.05, 0.1) is 17.6 Å². The lowest BCUT2D eigenvalue weighted by Crippen LogP contribution is -2.27. The van der Waals surface area contributed by atoms with Crippen LogP contribution < -0.4 is 4.72 Å². The maximum absolute atomic E-state index is 12.5. The van der Waals surface area contributed by atoms with Crippen molar-refractivity contribution in [1.82, 2.24) is 4.72 Å². The van der Waals surface area contributed by atoms with Crippen molar-refractivity contribution in [3.8, 4) is 0 Å². The summed E-state index contributed by atoms with van der Waals surface area (Å²) < 4.78 is 32.1. The summed E-state index contributed by atoms with van der Waals surface area (Å²) in [5.74, 6) is -0.596.